The number of hydrogen-bond acceptors (Lipinski definition) is 2. The van der Waals surface area contributed by atoms with Crippen LogP contribution in [0, 0.1) is 13.8 Å². The number of nitrogens with one attached hydrogen (secondary N) is 2. The molecule has 4 N–H and O–H groups in total. The van der Waals surface area contributed by atoms with E-state index in [9.17, 15) is 9.59 Å². The van der Waals surface area contributed by atoms with Crippen LogP contribution >= 0.6 is 15.9 Å². The Morgan fingerprint density at radius 3 is 2.42 bits per heavy atom. The molecule has 6 heteroatoms. The third-order valence-electron chi connectivity index (χ3n) is 4.21. The lowest BCUT2D eigenvalue weighted by atomic mass is 10.0. The Hall–Kier alpha value is -2.18. The molecule has 2 aromatic carbocycles. The fraction of sp³-hybridized carbons (Fsp3) is 0.300. The van der Waals surface area contributed by atoms with E-state index in [1.165, 1.54) is 0 Å². The first-order chi connectivity index (χ1) is 12.4. The Morgan fingerprint density at radius 2 is 1.81 bits per heavy atom. The number of rotatable bonds is 6. The summed E-state index contributed by atoms with van der Waals surface area (Å²) < 4.78 is 1.02. The first kappa shape index (κ1) is 20.1. The first-order valence-corrected chi connectivity index (χ1v) is 9.45. The van der Waals surface area contributed by atoms with Crippen LogP contribution in [0.1, 0.15) is 36.1 Å². The molecule has 0 heterocycles. The van der Waals surface area contributed by atoms with Crippen LogP contribution in [-0.4, -0.2) is 18.5 Å². The molecule has 0 aliphatic carbocycles. The normalized spacial score (nSPS) is 11.7. The molecule has 0 aliphatic heterocycles. The van der Waals surface area contributed by atoms with Crippen molar-refractivity contribution in [3.8, 4) is 0 Å². The summed E-state index contributed by atoms with van der Waals surface area (Å²) >= 11 is 3.42. The van der Waals surface area contributed by atoms with E-state index in [0.29, 0.717) is 5.69 Å². The van der Waals surface area contributed by atoms with Gasteiger partial charge in [0.25, 0.3) is 5.91 Å². The number of nitrogens with two attached hydrogens (primary N) is 1. The van der Waals surface area contributed by atoms with E-state index in [0.717, 1.165) is 27.6 Å². The number of carbonyl (C=O) groups excluding carboxylic acids is 2. The Bertz CT molecular complexity index is 775. The molecule has 0 aromatic heterocycles. The molecule has 0 fully saturated rings. The summed E-state index contributed by atoms with van der Waals surface area (Å²) in [4.78, 5) is 24.1. The highest BCUT2D eigenvalue weighted by atomic mass is 79.9. The molecule has 138 valence electrons. The molecule has 0 spiro atoms. The number of amides is 3. The Morgan fingerprint density at radius 1 is 1.12 bits per heavy atom. The average molecular weight is 419 g/mol. The smallest absolute Gasteiger partial charge is 0.326 e. The van der Waals surface area contributed by atoms with Crippen LogP contribution in [-0.2, 0) is 4.79 Å². The van der Waals surface area contributed by atoms with Crippen LogP contribution in [0.3, 0.4) is 0 Å². The molecule has 2 rings (SSSR count). The SMILES string of the molecule is CC[C@H]([NH2+]CC(=O)NC(=O)Nc1ccc(C)cc1C)c1ccc(Br)cc1. The molecule has 0 aliphatic rings. The summed E-state index contributed by atoms with van der Waals surface area (Å²) in [5.74, 6) is -0.317. The second kappa shape index (κ2) is 9.50. The minimum atomic E-state index is -0.507. The van der Waals surface area contributed by atoms with E-state index < -0.39 is 6.03 Å². The van der Waals surface area contributed by atoms with E-state index in [1.807, 2.05) is 61.6 Å². The zero-order chi connectivity index (χ0) is 19.1. The predicted octanol–water partition coefficient (Wildman–Crippen LogP) is 3.43. The van der Waals surface area contributed by atoms with Crippen molar-refractivity contribution < 1.29 is 14.9 Å². The monoisotopic (exact) mass is 418 g/mol. The fourth-order valence-corrected chi connectivity index (χ4v) is 3.05. The highest BCUT2D eigenvalue weighted by Crippen LogP contribution is 2.17. The zero-order valence-corrected chi connectivity index (χ0v) is 16.9. The maximum absolute atomic E-state index is 12.1. The van der Waals surface area contributed by atoms with E-state index in [-0.39, 0.29) is 18.5 Å². The molecule has 3 amide bonds. The van der Waals surface area contributed by atoms with E-state index in [4.69, 9.17) is 0 Å². The van der Waals surface area contributed by atoms with E-state index in [2.05, 4.69) is 33.5 Å². The lowest BCUT2D eigenvalue weighted by Gasteiger charge is -2.14. The van der Waals surface area contributed by atoms with Crippen LogP contribution in [0.4, 0.5) is 10.5 Å². The molecule has 5 nitrogen and oxygen atoms in total. The molecule has 0 radical (unpaired) electrons. The number of quaternary nitrogens is 1. The van der Waals surface area contributed by atoms with Crippen molar-refractivity contribution in [2.75, 3.05) is 11.9 Å². The second-order valence-corrected chi connectivity index (χ2v) is 7.24. The van der Waals surface area contributed by atoms with Gasteiger partial charge in [0.15, 0.2) is 6.54 Å². The van der Waals surface area contributed by atoms with Crippen molar-refractivity contribution in [1.82, 2.24) is 5.32 Å². The summed E-state index contributed by atoms with van der Waals surface area (Å²) in [5, 5.41) is 7.05. The van der Waals surface area contributed by atoms with Crippen LogP contribution in [0.15, 0.2) is 46.9 Å². The van der Waals surface area contributed by atoms with E-state index >= 15 is 0 Å². The van der Waals surface area contributed by atoms with E-state index in [1.54, 1.807) is 0 Å². The summed E-state index contributed by atoms with van der Waals surface area (Å²) in [5.41, 5.74) is 3.94. The Labute approximate surface area is 162 Å². The average Bonchev–Trinajstić information content (AvgIpc) is 2.59. The van der Waals surface area contributed by atoms with Gasteiger partial charge in [0.2, 0.25) is 0 Å². The summed E-state index contributed by atoms with van der Waals surface area (Å²) in [7, 11) is 0. The van der Waals surface area contributed by atoms with Crippen LogP contribution in [0.2, 0.25) is 0 Å². The maximum atomic E-state index is 12.1. The fourth-order valence-electron chi connectivity index (χ4n) is 2.78. The third kappa shape index (κ3) is 5.97. The number of hydrogen-bond donors (Lipinski definition) is 3. The first-order valence-electron chi connectivity index (χ1n) is 8.66. The molecule has 0 saturated carbocycles. The van der Waals surface area contributed by atoms with Crippen molar-refractivity contribution >= 4 is 33.6 Å². The zero-order valence-electron chi connectivity index (χ0n) is 15.3. The molecule has 0 unspecified atom stereocenters. The quantitative estimate of drug-likeness (QED) is 0.671. The van der Waals surface area contributed by atoms with Crippen LogP contribution < -0.4 is 16.0 Å². The standard InChI is InChI=1S/C20H24BrN3O2/c1-4-17(15-6-8-16(21)9-7-15)22-12-19(25)24-20(26)23-18-10-5-13(2)11-14(18)3/h5-11,17,22H,4,12H2,1-3H3,(H2,23,24,25,26)/p+1/t17-/m0/s1. The van der Waals surface area contributed by atoms with Gasteiger partial charge in [-0.25, -0.2) is 4.79 Å². The number of imide groups is 1. The van der Waals surface area contributed by atoms with Crippen molar-refractivity contribution in [3.63, 3.8) is 0 Å². The second-order valence-electron chi connectivity index (χ2n) is 6.33. The topological polar surface area (TPSA) is 74.8 Å². The number of carbonyl (C=O) groups is 2. The molecule has 26 heavy (non-hydrogen) atoms. The molecular weight excluding hydrogens is 394 g/mol. The van der Waals surface area contributed by atoms with Gasteiger partial charge in [0, 0.05) is 22.1 Å². The lowest BCUT2D eigenvalue weighted by molar-refractivity contribution is -0.686. The number of benzene rings is 2. The Balaban J connectivity index is 1.85. The van der Waals surface area contributed by atoms with Gasteiger partial charge in [0.05, 0.1) is 0 Å². The van der Waals surface area contributed by atoms with Gasteiger partial charge in [-0.3, -0.25) is 10.1 Å². The lowest BCUT2D eigenvalue weighted by Crippen LogP contribution is -2.87. The molecule has 1 atom stereocenters. The number of aryl methyl sites for hydroxylation is 2. The van der Waals surface area contributed by atoms with Gasteiger partial charge < -0.3 is 10.6 Å². The minimum Gasteiger partial charge on any atom is -0.332 e. The number of halogens is 1. The molecule has 2 aromatic rings. The van der Waals surface area contributed by atoms with Crippen molar-refractivity contribution in [3.05, 3.63) is 63.6 Å². The van der Waals surface area contributed by atoms with Gasteiger partial charge in [-0.1, -0.05) is 52.7 Å². The third-order valence-corrected chi connectivity index (χ3v) is 4.74. The molecular formula is C20H25BrN3O2+. The summed E-state index contributed by atoms with van der Waals surface area (Å²) in [6, 6.07) is 13.5. The molecule has 0 saturated heterocycles. The minimum absolute atomic E-state index is 0.177. The highest BCUT2D eigenvalue weighted by molar-refractivity contribution is 9.10. The Kier molecular flexibility index (Phi) is 7.36. The summed E-state index contributed by atoms with van der Waals surface area (Å²) in [6.07, 6.45) is 0.893. The summed E-state index contributed by atoms with van der Waals surface area (Å²) in [6.45, 7) is 6.18. The van der Waals surface area contributed by atoms with Gasteiger partial charge in [-0.2, -0.15) is 0 Å². The van der Waals surface area contributed by atoms with Crippen LogP contribution in [0.5, 0.6) is 0 Å². The molecule has 0 bridgehead atoms. The van der Waals surface area contributed by atoms with Gasteiger partial charge in [-0.15, -0.1) is 0 Å². The van der Waals surface area contributed by atoms with Gasteiger partial charge >= 0.3 is 6.03 Å². The van der Waals surface area contributed by atoms with Crippen molar-refractivity contribution in [1.29, 1.82) is 0 Å². The predicted molar refractivity (Wildman–Crippen MR) is 107 cm³/mol. The van der Waals surface area contributed by atoms with Gasteiger partial charge in [0.1, 0.15) is 6.04 Å². The highest BCUT2D eigenvalue weighted by Gasteiger charge is 2.16. The van der Waals surface area contributed by atoms with Gasteiger partial charge in [-0.05, 0) is 37.6 Å². The van der Waals surface area contributed by atoms with Crippen molar-refractivity contribution in [2.24, 2.45) is 0 Å². The number of anilines is 1. The van der Waals surface area contributed by atoms with Crippen molar-refractivity contribution in [2.45, 2.75) is 33.2 Å². The number of urea groups is 1. The van der Waals surface area contributed by atoms with Crippen LogP contribution in [0.25, 0.3) is 0 Å². The largest absolute Gasteiger partial charge is 0.332 e. The maximum Gasteiger partial charge on any atom is 0.326 e.